The van der Waals surface area contributed by atoms with Gasteiger partial charge in [-0.3, -0.25) is 4.79 Å². The molecule has 1 fully saturated rings. The van der Waals surface area contributed by atoms with E-state index in [1.807, 2.05) is 48.5 Å². The fourth-order valence-corrected chi connectivity index (χ4v) is 5.22. The molecule has 2 aromatic rings. The lowest BCUT2D eigenvalue weighted by molar-refractivity contribution is -0.150. The first-order chi connectivity index (χ1) is 12.5. The molecule has 132 valence electrons. The Morgan fingerprint density at radius 2 is 2.00 bits per heavy atom. The number of benzene rings is 2. The van der Waals surface area contributed by atoms with Gasteiger partial charge in [-0.15, -0.1) is 0 Å². The number of nitrogens with zero attached hydrogens (tertiary/aromatic N) is 1. The zero-order valence-corrected chi connectivity index (χ0v) is 15.0. The Morgan fingerprint density at radius 3 is 2.69 bits per heavy atom. The summed E-state index contributed by atoms with van der Waals surface area (Å²) in [6, 6.07) is 17.5. The molecule has 0 radical (unpaired) electrons. The molecular formula is C23H23NO2. The van der Waals surface area contributed by atoms with E-state index in [9.17, 15) is 15.2 Å². The van der Waals surface area contributed by atoms with Crippen molar-refractivity contribution in [3.8, 4) is 6.07 Å². The lowest BCUT2D eigenvalue weighted by Gasteiger charge is -2.52. The second-order valence-corrected chi connectivity index (χ2v) is 7.76. The first-order valence-electron chi connectivity index (χ1n) is 9.38. The highest BCUT2D eigenvalue weighted by Crippen LogP contribution is 2.55. The van der Waals surface area contributed by atoms with E-state index in [0.717, 1.165) is 19.3 Å². The van der Waals surface area contributed by atoms with Gasteiger partial charge < -0.3 is 5.11 Å². The van der Waals surface area contributed by atoms with Gasteiger partial charge in [0.1, 0.15) is 5.60 Å². The first kappa shape index (κ1) is 17.0. The minimum absolute atomic E-state index is 0.0843. The lowest BCUT2D eigenvalue weighted by atomic mass is 9.52. The Balaban J connectivity index is 1.79. The highest BCUT2D eigenvalue weighted by molar-refractivity contribution is 5.90. The number of rotatable bonds is 2. The molecule has 0 bridgehead atoms. The van der Waals surface area contributed by atoms with Gasteiger partial charge in [0.25, 0.3) is 0 Å². The van der Waals surface area contributed by atoms with E-state index in [1.165, 1.54) is 11.1 Å². The van der Waals surface area contributed by atoms with E-state index in [1.54, 1.807) is 0 Å². The summed E-state index contributed by atoms with van der Waals surface area (Å²) in [6.45, 7) is 2.14. The number of nitriles is 1. The quantitative estimate of drug-likeness (QED) is 0.894. The summed E-state index contributed by atoms with van der Waals surface area (Å²) in [5, 5.41) is 20.5. The molecule has 1 N–H and O–H groups in total. The van der Waals surface area contributed by atoms with Crippen molar-refractivity contribution in [1.82, 2.24) is 0 Å². The van der Waals surface area contributed by atoms with Crippen LogP contribution in [0.15, 0.2) is 48.5 Å². The molecule has 3 nitrogen and oxygen atoms in total. The zero-order chi connectivity index (χ0) is 18.4. The molecule has 3 heteroatoms. The molecule has 0 aromatic heterocycles. The molecule has 4 rings (SSSR count). The predicted octanol–water partition coefficient (Wildman–Crippen LogP) is 4.02. The number of aliphatic hydroxyl groups is 1. The summed E-state index contributed by atoms with van der Waals surface area (Å²) >= 11 is 0. The van der Waals surface area contributed by atoms with E-state index in [0.29, 0.717) is 24.0 Å². The molecule has 2 aliphatic rings. The van der Waals surface area contributed by atoms with Crippen LogP contribution >= 0.6 is 0 Å². The maximum Gasteiger partial charge on any atom is 0.169 e. The molecule has 26 heavy (non-hydrogen) atoms. The highest BCUT2D eigenvalue weighted by Gasteiger charge is 2.55. The van der Waals surface area contributed by atoms with Crippen LogP contribution in [0.5, 0.6) is 0 Å². The zero-order valence-electron chi connectivity index (χ0n) is 15.0. The Labute approximate surface area is 154 Å². The first-order valence-corrected chi connectivity index (χ1v) is 9.38. The molecule has 2 aliphatic carbocycles. The summed E-state index contributed by atoms with van der Waals surface area (Å²) in [4.78, 5) is 13.2. The third-order valence-corrected chi connectivity index (χ3v) is 6.68. The molecule has 0 unspecified atom stereocenters. The minimum Gasteiger partial charge on any atom is -0.377 e. The standard InChI is InChI=1S/C23H23NO2/c1-2-22-14-21(25)23(26,18-6-4-3-5-7-18)13-19(22)10-9-17-12-16(15-24)8-11-20(17)22/h3-8,11-12,19,26H,2,9-10,13-14H2,1H3/t19-,22-,23+/m1/s1. The molecule has 0 saturated heterocycles. The van der Waals surface area contributed by atoms with Crippen molar-refractivity contribution >= 4 is 5.78 Å². The number of ketones is 1. The Morgan fingerprint density at radius 1 is 1.23 bits per heavy atom. The van der Waals surface area contributed by atoms with Crippen molar-refractivity contribution in [1.29, 1.82) is 5.26 Å². The Kier molecular flexibility index (Phi) is 3.97. The number of hydrogen-bond acceptors (Lipinski definition) is 3. The van der Waals surface area contributed by atoms with Crippen molar-refractivity contribution in [2.75, 3.05) is 0 Å². The molecule has 1 saturated carbocycles. The van der Waals surface area contributed by atoms with Gasteiger partial charge in [-0.25, -0.2) is 0 Å². The largest absolute Gasteiger partial charge is 0.377 e. The molecular weight excluding hydrogens is 322 g/mol. The average molecular weight is 345 g/mol. The van der Waals surface area contributed by atoms with Crippen LogP contribution in [0.1, 0.15) is 54.9 Å². The second kappa shape index (κ2) is 6.07. The average Bonchev–Trinajstić information content (AvgIpc) is 2.69. The SMILES string of the molecule is CC[C@@]12CC(=O)[C@@](O)(c3ccccc3)C[C@H]1CCc1cc(C#N)ccc12. The number of hydrogen-bond donors (Lipinski definition) is 1. The summed E-state index contributed by atoms with van der Waals surface area (Å²) in [5.74, 6) is 0.176. The van der Waals surface area contributed by atoms with Crippen molar-refractivity contribution in [3.05, 3.63) is 70.8 Å². The van der Waals surface area contributed by atoms with Gasteiger partial charge in [-0.2, -0.15) is 5.26 Å². The predicted molar refractivity (Wildman–Crippen MR) is 99.5 cm³/mol. The number of aryl methyl sites for hydroxylation is 1. The fraction of sp³-hybridized carbons (Fsp3) is 0.391. The van der Waals surface area contributed by atoms with Crippen LogP contribution in [0, 0.1) is 17.2 Å². The minimum atomic E-state index is -1.38. The number of carbonyl (C=O) groups excluding carboxylic acids is 1. The number of fused-ring (bicyclic) bond motifs is 3. The number of carbonyl (C=O) groups is 1. The normalized spacial score (nSPS) is 30.2. The second-order valence-electron chi connectivity index (χ2n) is 7.76. The fourth-order valence-electron chi connectivity index (χ4n) is 5.22. The Hall–Kier alpha value is -2.44. The molecule has 0 spiro atoms. The molecule has 2 aromatic carbocycles. The van der Waals surface area contributed by atoms with Gasteiger partial charge >= 0.3 is 0 Å². The monoisotopic (exact) mass is 345 g/mol. The van der Waals surface area contributed by atoms with Crippen LogP contribution in [0.25, 0.3) is 0 Å². The molecule has 0 amide bonds. The van der Waals surface area contributed by atoms with E-state index in [2.05, 4.69) is 13.0 Å². The smallest absolute Gasteiger partial charge is 0.169 e. The van der Waals surface area contributed by atoms with Crippen LogP contribution in [-0.4, -0.2) is 10.9 Å². The van der Waals surface area contributed by atoms with Crippen molar-refractivity contribution in [3.63, 3.8) is 0 Å². The van der Waals surface area contributed by atoms with Crippen LogP contribution in [0.4, 0.5) is 0 Å². The number of Topliss-reactive ketones (excluding diaryl/α,β-unsaturated/α-hetero) is 1. The Bertz CT molecular complexity index is 898. The molecule has 0 heterocycles. The van der Waals surface area contributed by atoms with Gasteiger partial charge in [0, 0.05) is 11.8 Å². The van der Waals surface area contributed by atoms with Crippen LogP contribution in [0.3, 0.4) is 0 Å². The third-order valence-electron chi connectivity index (χ3n) is 6.68. The van der Waals surface area contributed by atoms with Crippen molar-refractivity contribution < 1.29 is 9.90 Å². The van der Waals surface area contributed by atoms with E-state index < -0.39 is 5.60 Å². The van der Waals surface area contributed by atoms with E-state index in [4.69, 9.17) is 0 Å². The van der Waals surface area contributed by atoms with Crippen LogP contribution in [-0.2, 0) is 22.2 Å². The van der Waals surface area contributed by atoms with E-state index in [-0.39, 0.29) is 17.1 Å². The van der Waals surface area contributed by atoms with Gasteiger partial charge in [-0.1, -0.05) is 43.3 Å². The maximum atomic E-state index is 13.2. The topological polar surface area (TPSA) is 61.1 Å². The summed E-state index contributed by atoms with van der Waals surface area (Å²) < 4.78 is 0. The molecule has 3 atom stereocenters. The third kappa shape index (κ3) is 2.33. The van der Waals surface area contributed by atoms with E-state index >= 15 is 0 Å². The summed E-state index contributed by atoms with van der Waals surface area (Å²) in [7, 11) is 0. The van der Waals surface area contributed by atoms with Gasteiger partial charge in [-0.05, 0) is 60.4 Å². The van der Waals surface area contributed by atoms with Gasteiger partial charge in [0.05, 0.1) is 11.6 Å². The summed E-state index contributed by atoms with van der Waals surface area (Å²) in [5.41, 5.74) is 2.18. The van der Waals surface area contributed by atoms with Crippen LogP contribution in [0.2, 0.25) is 0 Å². The van der Waals surface area contributed by atoms with Gasteiger partial charge in [0.15, 0.2) is 5.78 Å². The maximum absolute atomic E-state index is 13.2. The lowest BCUT2D eigenvalue weighted by Crippen LogP contribution is -2.54. The van der Waals surface area contributed by atoms with Crippen LogP contribution < -0.4 is 0 Å². The van der Waals surface area contributed by atoms with Crippen molar-refractivity contribution in [2.45, 2.75) is 50.0 Å². The highest BCUT2D eigenvalue weighted by atomic mass is 16.3. The van der Waals surface area contributed by atoms with Crippen molar-refractivity contribution in [2.24, 2.45) is 5.92 Å². The van der Waals surface area contributed by atoms with Gasteiger partial charge in [0.2, 0.25) is 0 Å². The molecule has 0 aliphatic heterocycles. The summed E-state index contributed by atoms with van der Waals surface area (Å²) in [6.07, 6.45) is 3.54.